The standard InChI is InChI=1S/C11H12N2O3S/c1-6-8(10(14)15-2)9(13-11(17)12-6)7-4-3-5-16-7/h3-5,9H,1-2H3,(H2,12,13,17)/t9-/m1/s1. The Labute approximate surface area is 104 Å². The first kappa shape index (κ1) is 11.7. The van der Waals surface area contributed by atoms with Gasteiger partial charge in [-0.25, -0.2) is 4.79 Å². The summed E-state index contributed by atoms with van der Waals surface area (Å²) in [6.07, 6.45) is 1.55. The van der Waals surface area contributed by atoms with Crippen molar-refractivity contribution >= 4 is 23.3 Å². The molecule has 5 nitrogen and oxygen atoms in total. The molecular weight excluding hydrogens is 240 g/mol. The molecule has 1 aromatic rings. The Morgan fingerprint density at radius 2 is 2.35 bits per heavy atom. The zero-order valence-electron chi connectivity index (χ0n) is 9.44. The monoisotopic (exact) mass is 252 g/mol. The average molecular weight is 252 g/mol. The highest BCUT2D eigenvalue weighted by Gasteiger charge is 2.32. The van der Waals surface area contributed by atoms with Gasteiger partial charge in [-0.15, -0.1) is 0 Å². The third-order valence-corrected chi connectivity index (χ3v) is 2.72. The lowest BCUT2D eigenvalue weighted by atomic mass is 10.0. The lowest BCUT2D eigenvalue weighted by Gasteiger charge is -2.27. The largest absolute Gasteiger partial charge is 0.467 e. The van der Waals surface area contributed by atoms with Gasteiger partial charge in [0.1, 0.15) is 11.8 Å². The summed E-state index contributed by atoms with van der Waals surface area (Å²) in [6.45, 7) is 1.77. The number of ether oxygens (including phenoxy) is 1. The molecule has 0 spiro atoms. The summed E-state index contributed by atoms with van der Waals surface area (Å²) in [6, 6.07) is 3.12. The number of rotatable bonds is 2. The van der Waals surface area contributed by atoms with Crippen molar-refractivity contribution in [3.05, 3.63) is 35.4 Å². The van der Waals surface area contributed by atoms with E-state index >= 15 is 0 Å². The van der Waals surface area contributed by atoms with Crippen molar-refractivity contribution < 1.29 is 13.9 Å². The molecule has 0 fully saturated rings. The van der Waals surface area contributed by atoms with E-state index in [1.807, 2.05) is 0 Å². The molecule has 1 aromatic heterocycles. The average Bonchev–Trinajstić information content (AvgIpc) is 2.80. The van der Waals surface area contributed by atoms with Crippen molar-refractivity contribution in [2.24, 2.45) is 0 Å². The van der Waals surface area contributed by atoms with Crippen molar-refractivity contribution in [2.45, 2.75) is 13.0 Å². The van der Waals surface area contributed by atoms with Gasteiger partial charge in [0.25, 0.3) is 0 Å². The predicted molar refractivity (Wildman–Crippen MR) is 65.0 cm³/mol. The molecule has 2 heterocycles. The van der Waals surface area contributed by atoms with Crippen LogP contribution in [0.5, 0.6) is 0 Å². The first-order valence-electron chi connectivity index (χ1n) is 5.03. The lowest BCUT2D eigenvalue weighted by molar-refractivity contribution is -0.136. The van der Waals surface area contributed by atoms with E-state index in [-0.39, 0.29) is 0 Å². The molecule has 0 saturated carbocycles. The molecule has 2 N–H and O–H groups in total. The van der Waals surface area contributed by atoms with Crippen LogP contribution in [0.2, 0.25) is 0 Å². The van der Waals surface area contributed by atoms with Crippen LogP contribution in [0.1, 0.15) is 18.7 Å². The van der Waals surface area contributed by atoms with Crippen LogP contribution in [0.4, 0.5) is 0 Å². The molecule has 0 saturated heterocycles. The fraction of sp³-hybridized carbons (Fsp3) is 0.273. The highest BCUT2D eigenvalue weighted by Crippen LogP contribution is 2.27. The van der Waals surface area contributed by atoms with E-state index in [0.717, 1.165) is 0 Å². The number of furan rings is 1. The number of allylic oxidation sites excluding steroid dienone is 1. The van der Waals surface area contributed by atoms with Crippen LogP contribution in [-0.2, 0) is 9.53 Å². The number of methoxy groups -OCH3 is 1. The van der Waals surface area contributed by atoms with Crippen molar-refractivity contribution in [3.8, 4) is 0 Å². The minimum atomic E-state index is -0.411. The minimum absolute atomic E-state index is 0.411. The molecule has 0 amide bonds. The molecule has 90 valence electrons. The predicted octanol–water partition coefficient (Wildman–Crippen LogP) is 1.25. The summed E-state index contributed by atoms with van der Waals surface area (Å²) in [5, 5.41) is 6.33. The second-order valence-corrected chi connectivity index (χ2v) is 3.99. The third-order valence-electron chi connectivity index (χ3n) is 2.50. The first-order chi connectivity index (χ1) is 8.13. The molecular formula is C11H12N2O3S. The topological polar surface area (TPSA) is 63.5 Å². The molecule has 0 bridgehead atoms. The summed E-state index contributed by atoms with van der Waals surface area (Å²) >= 11 is 5.06. The van der Waals surface area contributed by atoms with Gasteiger partial charge in [-0.05, 0) is 31.3 Å². The normalized spacial score (nSPS) is 19.6. The van der Waals surface area contributed by atoms with Gasteiger partial charge in [-0.2, -0.15) is 0 Å². The Hall–Kier alpha value is -1.82. The van der Waals surface area contributed by atoms with Gasteiger partial charge in [0.15, 0.2) is 5.11 Å². The maximum atomic E-state index is 11.7. The van der Waals surface area contributed by atoms with Gasteiger partial charge in [-0.3, -0.25) is 0 Å². The maximum Gasteiger partial charge on any atom is 0.338 e. The van der Waals surface area contributed by atoms with E-state index in [4.69, 9.17) is 21.4 Å². The van der Waals surface area contributed by atoms with Gasteiger partial charge >= 0.3 is 5.97 Å². The van der Waals surface area contributed by atoms with Crippen LogP contribution >= 0.6 is 12.2 Å². The van der Waals surface area contributed by atoms with Crippen molar-refractivity contribution in [2.75, 3.05) is 7.11 Å². The molecule has 0 aromatic carbocycles. The summed E-state index contributed by atoms with van der Waals surface area (Å²) in [4.78, 5) is 11.7. The highest BCUT2D eigenvalue weighted by molar-refractivity contribution is 7.80. The molecule has 0 aliphatic carbocycles. The molecule has 1 aliphatic heterocycles. The summed E-state index contributed by atoms with van der Waals surface area (Å²) in [5.74, 6) is 0.208. The fourth-order valence-electron chi connectivity index (χ4n) is 1.74. The van der Waals surface area contributed by atoms with E-state index in [2.05, 4.69) is 10.6 Å². The Bertz CT molecular complexity index is 479. The third kappa shape index (κ3) is 2.16. The van der Waals surface area contributed by atoms with Crippen LogP contribution < -0.4 is 10.6 Å². The zero-order chi connectivity index (χ0) is 12.4. The van der Waals surface area contributed by atoms with Gasteiger partial charge in [0, 0.05) is 5.70 Å². The molecule has 0 unspecified atom stereocenters. The molecule has 6 heteroatoms. The SMILES string of the molecule is COC(=O)C1=C(C)NC(=S)N[C@@H]1c1ccco1. The van der Waals surface area contributed by atoms with Crippen LogP contribution in [0.3, 0.4) is 0 Å². The van der Waals surface area contributed by atoms with E-state index in [9.17, 15) is 4.79 Å². The number of carbonyl (C=O) groups excluding carboxylic acids is 1. The minimum Gasteiger partial charge on any atom is -0.467 e. The summed E-state index contributed by atoms with van der Waals surface area (Å²) < 4.78 is 10.1. The van der Waals surface area contributed by atoms with E-state index in [0.29, 0.717) is 22.1 Å². The van der Waals surface area contributed by atoms with E-state index in [1.54, 1.807) is 25.3 Å². The highest BCUT2D eigenvalue weighted by atomic mass is 32.1. The quantitative estimate of drug-likeness (QED) is 0.610. The fourth-order valence-corrected chi connectivity index (χ4v) is 2.01. The van der Waals surface area contributed by atoms with Gasteiger partial charge in [0.05, 0.1) is 18.9 Å². The molecule has 17 heavy (non-hydrogen) atoms. The van der Waals surface area contributed by atoms with Crippen molar-refractivity contribution in [1.29, 1.82) is 0 Å². The Morgan fingerprint density at radius 1 is 1.59 bits per heavy atom. The molecule has 1 aliphatic rings. The number of esters is 1. The van der Waals surface area contributed by atoms with Crippen LogP contribution in [-0.4, -0.2) is 18.2 Å². The second-order valence-electron chi connectivity index (χ2n) is 3.58. The Morgan fingerprint density at radius 3 is 2.94 bits per heavy atom. The number of thiocarbonyl (C=S) groups is 1. The van der Waals surface area contributed by atoms with Crippen molar-refractivity contribution in [1.82, 2.24) is 10.6 Å². The summed E-state index contributed by atoms with van der Waals surface area (Å²) in [7, 11) is 1.34. The second kappa shape index (κ2) is 4.58. The first-order valence-corrected chi connectivity index (χ1v) is 5.44. The molecule has 2 rings (SSSR count). The van der Waals surface area contributed by atoms with Gasteiger partial charge < -0.3 is 19.8 Å². The Kier molecular flexibility index (Phi) is 3.14. The van der Waals surface area contributed by atoms with Crippen molar-refractivity contribution in [3.63, 3.8) is 0 Å². The van der Waals surface area contributed by atoms with E-state index < -0.39 is 12.0 Å². The Balaban J connectivity index is 2.44. The number of carbonyl (C=O) groups is 1. The lowest BCUT2D eigenvalue weighted by Crippen LogP contribution is -2.44. The molecule has 0 radical (unpaired) electrons. The zero-order valence-corrected chi connectivity index (χ0v) is 10.3. The van der Waals surface area contributed by atoms with Crippen LogP contribution in [0.15, 0.2) is 34.1 Å². The van der Waals surface area contributed by atoms with Gasteiger partial charge in [-0.1, -0.05) is 0 Å². The molecule has 1 atom stereocenters. The van der Waals surface area contributed by atoms with E-state index in [1.165, 1.54) is 7.11 Å². The number of hydrogen-bond acceptors (Lipinski definition) is 4. The smallest absolute Gasteiger partial charge is 0.338 e. The van der Waals surface area contributed by atoms with Crippen LogP contribution in [0, 0.1) is 0 Å². The maximum absolute atomic E-state index is 11.7. The van der Waals surface area contributed by atoms with Crippen LogP contribution in [0.25, 0.3) is 0 Å². The summed E-state index contributed by atoms with van der Waals surface area (Å²) in [5.41, 5.74) is 1.14. The number of hydrogen-bond donors (Lipinski definition) is 2. The van der Waals surface area contributed by atoms with Gasteiger partial charge in [0.2, 0.25) is 0 Å². The number of nitrogens with one attached hydrogen (secondary N) is 2.